The van der Waals surface area contributed by atoms with E-state index < -0.39 is 11.7 Å². The minimum atomic E-state index is -0.535. The quantitative estimate of drug-likeness (QED) is 0.0417. The van der Waals surface area contributed by atoms with Gasteiger partial charge in [0.1, 0.15) is 0 Å². The fourth-order valence-electron chi connectivity index (χ4n) is 4.69. The minimum Gasteiger partial charge on any atom is -0.378 e. The molecule has 0 aliphatic carbocycles. The van der Waals surface area contributed by atoms with Crippen molar-refractivity contribution in [1.29, 1.82) is 0 Å². The van der Waals surface area contributed by atoms with Gasteiger partial charge in [0.2, 0.25) is 0 Å². The summed E-state index contributed by atoms with van der Waals surface area (Å²) in [6.45, 7) is 8.23. The Bertz CT molecular complexity index is 884. The van der Waals surface area contributed by atoms with E-state index in [0.29, 0.717) is 30.8 Å². The zero-order valence-electron chi connectivity index (χ0n) is 25.7. The van der Waals surface area contributed by atoms with Gasteiger partial charge in [-0.3, -0.25) is 19.8 Å². The second kappa shape index (κ2) is 23.2. The van der Waals surface area contributed by atoms with Crippen LogP contribution >= 0.6 is 0 Å². The number of anilines is 1. The van der Waals surface area contributed by atoms with Crippen molar-refractivity contribution >= 4 is 28.9 Å². The Kier molecular flexibility index (Phi) is 20.6. The van der Waals surface area contributed by atoms with E-state index in [9.17, 15) is 14.4 Å². The number of benzene rings is 1. The van der Waals surface area contributed by atoms with Gasteiger partial charge in [0.15, 0.2) is 17.3 Å². The van der Waals surface area contributed by atoms with Crippen LogP contribution in [0.3, 0.4) is 0 Å². The molecule has 0 saturated heterocycles. The van der Waals surface area contributed by atoms with E-state index in [-0.39, 0.29) is 17.6 Å². The number of unbranched alkanes of at least 4 members (excludes halogenated alkanes) is 11. The van der Waals surface area contributed by atoms with Gasteiger partial charge in [-0.15, -0.1) is 0 Å². The van der Waals surface area contributed by atoms with Crippen LogP contribution in [0.2, 0.25) is 0 Å². The highest BCUT2D eigenvalue weighted by Gasteiger charge is 2.17. The lowest BCUT2D eigenvalue weighted by atomic mass is 10.0. The van der Waals surface area contributed by atoms with E-state index in [1.54, 1.807) is 24.3 Å². The topological polar surface area (TPSA) is 96.9 Å². The Morgan fingerprint density at radius 1 is 0.775 bits per heavy atom. The van der Waals surface area contributed by atoms with Gasteiger partial charge >= 0.3 is 0 Å². The normalized spacial score (nSPS) is 12.2. The molecule has 7 nitrogen and oxygen atoms in total. The molecule has 1 aromatic carbocycles. The third kappa shape index (κ3) is 16.5. The van der Waals surface area contributed by atoms with Crippen LogP contribution in [0.15, 0.2) is 29.4 Å². The number of para-hydroxylation sites is 1. The van der Waals surface area contributed by atoms with Gasteiger partial charge in [0.05, 0.1) is 11.8 Å². The van der Waals surface area contributed by atoms with Crippen LogP contribution in [-0.2, 0) is 14.3 Å². The van der Waals surface area contributed by atoms with Crippen molar-refractivity contribution in [3.8, 4) is 0 Å². The molecule has 226 valence electrons. The number of nitrogens with one attached hydrogen (secondary N) is 2. The summed E-state index contributed by atoms with van der Waals surface area (Å²) in [5.74, 6) is -1.11. The molecule has 0 radical (unpaired) electrons. The molecule has 7 heteroatoms. The molecule has 0 fully saturated rings. The first kappa shape index (κ1) is 35.5. The lowest BCUT2D eigenvalue weighted by molar-refractivity contribution is -0.117. The van der Waals surface area contributed by atoms with E-state index in [1.807, 2.05) is 0 Å². The first-order chi connectivity index (χ1) is 19.4. The van der Waals surface area contributed by atoms with E-state index in [2.05, 4.69) is 29.7 Å². The SMILES string of the molecule is CCCCCCCCCC(CCCCCCCC)OCCCNC(=O)/C(=N\Nc1ccccc1C(C)=O)C(C)=O. The summed E-state index contributed by atoms with van der Waals surface area (Å²) in [6.07, 6.45) is 19.9. The number of nitrogens with zero attached hydrogens (tertiary/aromatic N) is 1. The first-order valence-electron chi connectivity index (χ1n) is 15.7. The van der Waals surface area contributed by atoms with Crippen LogP contribution in [0, 0.1) is 0 Å². The smallest absolute Gasteiger partial charge is 0.275 e. The van der Waals surface area contributed by atoms with Crippen molar-refractivity contribution in [3.63, 3.8) is 0 Å². The molecule has 1 aromatic rings. The Hall–Kier alpha value is -2.54. The number of hydrogen-bond donors (Lipinski definition) is 2. The van der Waals surface area contributed by atoms with E-state index in [4.69, 9.17) is 4.74 Å². The standard InChI is InChI=1S/C33H55N3O4/c1-5-7-9-11-13-15-17-22-29(21-16-14-12-10-8-6-2)40-26-20-25-34-33(39)32(28(4)38)36-35-31-24-19-18-23-30(31)27(3)37/h18-19,23-24,29,35H,5-17,20-22,25-26H2,1-4H3,(H,34,39)/b36-32-. The first-order valence-corrected chi connectivity index (χ1v) is 15.7. The minimum absolute atomic E-state index is 0.131. The molecule has 0 spiro atoms. The third-order valence-corrected chi connectivity index (χ3v) is 7.11. The number of ketones is 2. The largest absolute Gasteiger partial charge is 0.378 e. The van der Waals surface area contributed by atoms with Crippen LogP contribution in [0.4, 0.5) is 5.69 Å². The highest BCUT2D eigenvalue weighted by Crippen LogP contribution is 2.18. The molecule has 1 atom stereocenters. The second-order valence-corrected chi connectivity index (χ2v) is 10.8. The summed E-state index contributed by atoms with van der Waals surface area (Å²) in [6, 6.07) is 6.85. The molecule has 1 rings (SSSR count). The van der Waals surface area contributed by atoms with Crippen molar-refractivity contribution in [2.75, 3.05) is 18.6 Å². The van der Waals surface area contributed by atoms with Crippen LogP contribution in [0.5, 0.6) is 0 Å². The van der Waals surface area contributed by atoms with Crippen molar-refractivity contribution in [3.05, 3.63) is 29.8 Å². The third-order valence-electron chi connectivity index (χ3n) is 7.11. The molecule has 1 amide bonds. The molecule has 0 heterocycles. The summed E-state index contributed by atoms with van der Waals surface area (Å²) in [7, 11) is 0. The van der Waals surface area contributed by atoms with Crippen molar-refractivity contribution in [2.45, 2.75) is 137 Å². The molecule has 40 heavy (non-hydrogen) atoms. The maximum absolute atomic E-state index is 12.6. The fraction of sp³-hybridized carbons (Fsp3) is 0.697. The van der Waals surface area contributed by atoms with Crippen LogP contribution in [-0.4, -0.2) is 42.4 Å². The van der Waals surface area contributed by atoms with Crippen molar-refractivity contribution < 1.29 is 19.1 Å². The summed E-state index contributed by atoms with van der Waals surface area (Å²) < 4.78 is 6.25. The predicted molar refractivity (Wildman–Crippen MR) is 166 cm³/mol. The number of Topliss-reactive ketones (excluding diaryl/α,β-unsaturated/α-hetero) is 2. The van der Waals surface area contributed by atoms with E-state index in [1.165, 1.54) is 97.3 Å². The molecule has 0 saturated carbocycles. The molecule has 0 aliphatic heterocycles. The van der Waals surface area contributed by atoms with Gasteiger partial charge in [-0.2, -0.15) is 5.10 Å². The molecule has 0 aliphatic rings. The van der Waals surface area contributed by atoms with Crippen LogP contribution in [0.1, 0.15) is 141 Å². The summed E-state index contributed by atoms with van der Waals surface area (Å²) in [5.41, 5.74) is 3.38. The number of carbonyl (C=O) groups excluding carboxylic acids is 3. The highest BCUT2D eigenvalue weighted by atomic mass is 16.5. The van der Waals surface area contributed by atoms with Crippen molar-refractivity contribution in [1.82, 2.24) is 5.32 Å². The molecule has 1 unspecified atom stereocenters. The molecule has 2 N–H and O–H groups in total. The van der Waals surface area contributed by atoms with E-state index >= 15 is 0 Å². The summed E-state index contributed by atoms with van der Waals surface area (Å²) in [5, 5.41) is 6.79. The number of ether oxygens (including phenoxy) is 1. The lowest BCUT2D eigenvalue weighted by Gasteiger charge is -2.18. The molecular weight excluding hydrogens is 502 g/mol. The van der Waals surface area contributed by atoms with Gasteiger partial charge in [-0.05, 0) is 38.3 Å². The maximum atomic E-state index is 12.6. The number of hydrogen-bond acceptors (Lipinski definition) is 6. The average molecular weight is 558 g/mol. The van der Waals surface area contributed by atoms with Gasteiger partial charge in [0.25, 0.3) is 5.91 Å². The zero-order valence-corrected chi connectivity index (χ0v) is 25.7. The monoisotopic (exact) mass is 557 g/mol. The van der Waals surface area contributed by atoms with Crippen LogP contribution < -0.4 is 10.7 Å². The Labute approximate surface area is 243 Å². The molecular formula is C33H55N3O4. The number of amides is 1. The second-order valence-electron chi connectivity index (χ2n) is 10.8. The van der Waals surface area contributed by atoms with Gasteiger partial charge < -0.3 is 10.1 Å². The van der Waals surface area contributed by atoms with Crippen LogP contribution in [0.25, 0.3) is 0 Å². The molecule has 0 aromatic heterocycles. The van der Waals surface area contributed by atoms with Gasteiger partial charge in [0, 0.05) is 25.6 Å². The number of carbonyl (C=O) groups is 3. The Morgan fingerprint density at radius 3 is 1.88 bits per heavy atom. The average Bonchev–Trinajstić information content (AvgIpc) is 2.93. The lowest BCUT2D eigenvalue weighted by Crippen LogP contribution is -2.36. The Balaban J connectivity index is 2.48. The van der Waals surface area contributed by atoms with Gasteiger partial charge in [-0.25, -0.2) is 0 Å². The fourth-order valence-corrected chi connectivity index (χ4v) is 4.69. The number of hydrazone groups is 1. The summed E-state index contributed by atoms with van der Waals surface area (Å²) in [4.78, 5) is 36.5. The summed E-state index contributed by atoms with van der Waals surface area (Å²) >= 11 is 0. The predicted octanol–water partition coefficient (Wildman–Crippen LogP) is 8.03. The van der Waals surface area contributed by atoms with Gasteiger partial charge in [-0.1, -0.05) is 109 Å². The zero-order chi connectivity index (χ0) is 29.4. The number of rotatable bonds is 25. The van der Waals surface area contributed by atoms with E-state index in [0.717, 1.165) is 12.8 Å². The maximum Gasteiger partial charge on any atom is 0.275 e. The van der Waals surface area contributed by atoms with Crippen molar-refractivity contribution in [2.24, 2.45) is 5.10 Å². The Morgan fingerprint density at radius 2 is 1.32 bits per heavy atom. The molecule has 0 bridgehead atoms. The highest BCUT2D eigenvalue weighted by molar-refractivity contribution is 6.65.